The first-order valence-corrected chi connectivity index (χ1v) is 10.1. The van der Waals surface area contributed by atoms with E-state index in [9.17, 15) is 18.8 Å². The SMILES string of the molecule is CC1CCc2ccccc2N1C(=O)CN1C(=O)NC(C)(c2ccc(F)cc2Cl)C1=O. The van der Waals surface area contributed by atoms with E-state index in [0.717, 1.165) is 35.1 Å². The van der Waals surface area contributed by atoms with Crippen LogP contribution in [-0.2, 0) is 21.5 Å². The van der Waals surface area contributed by atoms with Gasteiger partial charge in [-0.2, -0.15) is 0 Å². The molecule has 2 aromatic carbocycles. The van der Waals surface area contributed by atoms with Crippen molar-refractivity contribution in [2.24, 2.45) is 0 Å². The largest absolute Gasteiger partial charge is 0.325 e. The lowest BCUT2D eigenvalue weighted by Crippen LogP contribution is -2.49. The average Bonchev–Trinajstić information content (AvgIpc) is 2.91. The van der Waals surface area contributed by atoms with Crippen molar-refractivity contribution in [3.63, 3.8) is 0 Å². The summed E-state index contributed by atoms with van der Waals surface area (Å²) in [5, 5.41) is 2.63. The number of nitrogens with one attached hydrogen (secondary N) is 1. The Morgan fingerprint density at radius 2 is 2.00 bits per heavy atom. The zero-order valence-corrected chi connectivity index (χ0v) is 17.4. The molecule has 0 spiro atoms. The Bertz CT molecular complexity index is 1060. The smallest absolute Gasteiger partial charge is 0.319 e. The Morgan fingerprint density at radius 1 is 1.27 bits per heavy atom. The highest BCUT2D eigenvalue weighted by Crippen LogP contribution is 2.35. The normalized spacial score (nSPS) is 23.4. The van der Waals surface area contributed by atoms with Gasteiger partial charge in [0.15, 0.2) is 0 Å². The van der Waals surface area contributed by atoms with Crippen molar-refractivity contribution < 1.29 is 18.8 Å². The fourth-order valence-corrected chi connectivity index (χ4v) is 4.55. The summed E-state index contributed by atoms with van der Waals surface area (Å²) in [5.74, 6) is -1.49. The van der Waals surface area contributed by atoms with Crippen LogP contribution in [-0.4, -0.2) is 35.3 Å². The standard InChI is InChI=1S/C22H21ClFN3O3/c1-13-7-8-14-5-3-4-6-18(14)27(13)19(28)12-26-20(29)22(2,25-21(26)30)16-10-9-15(24)11-17(16)23/h3-6,9-11,13H,7-8,12H2,1-2H3,(H,25,30). The summed E-state index contributed by atoms with van der Waals surface area (Å²) in [7, 11) is 0. The van der Waals surface area contributed by atoms with Gasteiger partial charge in [0.25, 0.3) is 5.91 Å². The predicted octanol–water partition coefficient (Wildman–Crippen LogP) is 3.61. The minimum atomic E-state index is -1.48. The van der Waals surface area contributed by atoms with Gasteiger partial charge in [0, 0.05) is 22.3 Å². The first kappa shape index (κ1) is 20.3. The van der Waals surface area contributed by atoms with Crippen LogP contribution in [0.1, 0.15) is 31.4 Å². The lowest BCUT2D eigenvalue weighted by molar-refractivity contribution is -0.134. The maximum Gasteiger partial charge on any atom is 0.325 e. The monoisotopic (exact) mass is 429 g/mol. The van der Waals surface area contributed by atoms with Crippen LogP contribution in [0.3, 0.4) is 0 Å². The third-order valence-electron chi connectivity index (χ3n) is 5.83. The minimum Gasteiger partial charge on any atom is -0.319 e. The van der Waals surface area contributed by atoms with E-state index >= 15 is 0 Å². The molecule has 1 N–H and O–H groups in total. The zero-order valence-electron chi connectivity index (χ0n) is 16.6. The molecule has 0 bridgehead atoms. The number of hydrogen-bond donors (Lipinski definition) is 1. The molecule has 1 fully saturated rings. The molecule has 2 atom stereocenters. The van der Waals surface area contributed by atoms with E-state index in [1.54, 1.807) is 4.90 Å². The third kappa shape index (κ3) is 3.23. The lowest BCUT2D eigenvalue weighted by Gasteiger charge is -2.36. The number of rotatable bonds is 3. The number of carbonyl (C=O) groups excluding carboxylic acids is 3. The van der Waals surface area contributed by atoms with Crippen LogP contribution in [0.2, 0.25) is 5.02 Å². The summed E-state index contributed by atoms with van der Waals surface area (Å²) in [6, 6.07) is 10.5. The van der Waals surface area contributed by atoms with Crippen molar-refractivity contribution in [3.05, 3.63) is 64.4 Å². The molecule has 156 valence electrons. The Hall–Kier alpha value is -2.93. The third-order valence-corrected chi connectivity index (χ3v) is 6.14. The van der Waals surface area contributed by atoms with E-state index in [1.165, 1.54) is 19.1 Å². The summed E-state index contributed by atoms with van der Waals surface area (Å²) in [5.41, 5.74) is 0.658. The number of carbonyl (C=O) groups is 3. The van der Waals surface area contributed by atoms with E-state index in [4.69, 9.17) is 11.6 Å². The molecule has 2 unspecified atom stereocenters. The predicted molar refractivity (Wildman–Crippen MR) is 111 cm³/mol. The van der Waals surface area contributed by atoms with Gasteiger partial charge in [-0.3, -0.25) is 14.5 Å². The molecular formula is C22H21ClFN3O3. The number of hydrogen-bond acceptors (Lipinski definition) is 3. The first-order valence-electron chi connectivity index (χ1n) is 9.72. The van der Waals surface area contributed by atoms with Gasteiger partial charge in [-0.05, 0) is 50.5 Å². The summed E-state index contributed by atoms with van der Waals surface area (Å²) in [6.07, 6.45) is 1.66. The molecule has 0 aromatic heterocycles. The number of aryl methyl sites for hydroxylation is 1. The van der Waals surface area contributed by atoms with Crippen molar-refractivity contribution in [2.45, 2.75) is 38.3 Å². The highest BCUT2D eigenvalue weighted by molar-refractivity contribution is 6.32. The van der Waals surface area contributed by atoms with Gasteiger partial charge >= 0.3 is 6.03 Å². The van der Waals surface area contributed by atoms with Crippen LogP contribution >= 0.6 is 11.6 Å². The van der Waals surface area contributed by atoms with Gasteiger partial charge in [-0.15, -0.1) is 0 Å². The van der Waals surface area contributed by atoms with Gasteiger partial charge in [-0.25, -0.2) is 9.18 Å². The summed E-state index contributed by atoms with van der Waals surface area (Å²) >= 11 is 6.13. The fraction of sp³-hybridized carbons (Fsp3) is 0.318. The van der Waals surface area contributed by atoms with Crippen LogP contribution in [0.5, 0.6) is 0 Å². The number of urea groups is 1. The van der Waals surface area contributed by atoms with Crippen LogP contribution < -0.4 is 10.2 Å². The second kappa shape index (κ2) is 7.40. The van der Waals surface area contributed by atoms with Crippen LogP contribution in [0.4, 0.5) is 14.9 Å². The highest BCUT2D eigenvalue weighted by Gasteiger charge is 2.51. The maximum absolute atomic E-state index is 13.4. The molecular weight excluding hydrogens is 409 g/mol. The van der Waals surface area contributed by atoms with E-state index in [1.807, 2.05) is 31.2 Å². The number of anilines is 1. The molecule has 4 rings (SSSR count). The van der Waals surface area contributed by atoms with E-state index < -0.39 is 29.8 Å². The highest BCUT2D eigenvalue weighted by atomic mass is 35.5. The van der Waals surface area contributed by atoms with Gasteiger partial charge in [-0.1, -0.05) is 35.9 Å². The summed E-state index contributed by atoms with van der Waals surface area (Å²) in [6.45, 7) is 3.05. The van der Waals surface area contributed by atoms with Crippen molar-refractivity contribution in [2.75, 3.05) is 11.4 Å². The topological polar surface area (TPSA) is 69.7 Å². The van der Waals surface area contributed by atoms with E-state index in [2.05, 4.69) is 5.32 Å². The lowest BCUT2D eigenvalue weighted by atomic mass is 9.92. The second-order valence-electron chi connectivity index (χ2n) is 7.85. The molecule has 1 saturated heterocycles. The van der Waals surface area contributed by atoms with Crippen LogP contribution in [0.15, 0.2) is 42.5 Å². The quantitative estimate of drug-likeness (QED) is 0.758. The minimum absolute atomic E-state index is 0.0258. The van der Waals surface area contributed by atoms with Gasteiger partial charge < -0.3 is 10.2 Å². The van der Waals surface area contributed by atoms with Crippen molar-refractivity contribution in [3.8, 4) is 0 Å². The second-order valence-corrected chi connectivity index (χ2v) is 8.26. The molecule has 2 aliphatic heterocycles. The van der Waals surface area contributed by atoms with Crippen molar-refractivity contribution in [1.29, 1.82) is 0 Å². The number of imide groups is 1. The molecule has 2 aromatic rings. The number of benzene rings is 2. The van der Waals surface area contributed by atoms with Gasteiger partial charge in [0.05, 0.1) is 0 Å². The number of nitrogens with zero attached hydrogens (tertiary/aromatic N) is 2. The Labute approximate surface area is 178 Å². The molecule has 8 heteroatoms. The number of halogens is 2. The van der Waals surface area contributed by atoms with Crippen molar-refractivity contribution in [1.82, 2.24) is 10.2 Å². The molecule has 0 saturated carbocycles. The number of amides is 4. The summed E-state index contributed by atoms with van der Waals surface area (Å²) in [4.78, 5) is 41.4. The number of para-hydroxylation sites is 1. The van der Waals surface area contributed by atoms with Crippen LogP contribution in [0, 0.1) is 5.82 Å². The molecule has 0 aliphatic carbocycles. The van der Waals surface area contributed by atoms with Crippen LogP contribution in [0.25, 0.3) is 0 Å². The molecule has 2 aliphatic rings. The molecule has 4 amide bonds. The van der Waals surface area contributed by atoms with Gasteiger partial charge in [0.2, 0.25) is 5.91 Å². The van der Waals surface area contributed by atoms with Gasteiger partial charge in [0.1, 0.15) is 17.9 Å². The van der Waals surface area contributed by atoms with E-state index in [-0.39, 0.29) is 22.5 Å². The Kier molecular flexibility index (Phi) is 5.02. The zero-order chi connectivity index (χ0) is 21.6. The molecule has 6 nitrogen and oxygen atoms in total. The molecule has 30 heavy (non-hydrogen) atoms. The Balaban J connectivity index is 1.61. The molecule has 0 radical (unpaired) electrons. The summed E-state index contributed by atoms with van der Waals surface area (Å²) < 4.78 is 13.4. The molecule has 2 heterocycles. The maximum atomic E-state index is 13.4. The van der Waals surface area contributed by atoms with E-state index in [0.29, 0.717) is 0 Å². The van der Waals surface area contributed by atoms with Crippen molar-refractivity contribution >= 4 is 35.1 Å². The first-order chi connectivity index (χ1) is 14.2. The number of fused-ring (bicyclic) bond motifs is 1. The fourth-order valence-electron chi connectivity index (χ4n) is 4.20. The Morgan fingerprint density at radius 3 is 2.73 bits per heavy atom. The average molecular weight is 430 g/mol.